The van der Waals surface area contributed by atoms with Crippen molar-refractivity contribution in [2.24, 2.45) is 0 Å². The molecule has 0 amide bonds. The first-order valence-corrected chi connectivity index (χ1v) is 13.7. The highest BCUT2D eigenvalue weighted by Crippen LogP contribution is 2.41. The van der Waals surface area contributed by atoms with Crippen LogP contribution < -0.4 is 0 Å². The van der Waals surface area contributed by atoms with Gasteiger partial charge in [0.1, 0.15) is 11.4 Å². The maximum atomic E-state index is 15.6. The summed E-state index contributed by atoms with van der Waals surface area (Å²) >= 11 is 0. The van der Waals surface area contributed by atoms with E-state index >= 15 is 8.78 Å². The molecule has 3 aromatic carbocycles. The average molecular weight is 501 g/mol. The molecule has 0 radical (unpaired) electrons. The summed E-state index contributed by atoms with van der Waals surface area (Å²) in [6.07, 6.45) is 8.30. The number of benzene rings is 3. The Kier molecular flexibility index (Phi) is 9.46. The predicted molar refractivity (Wildman–Crippen MR) is 152 cm³/mol. The van der Waals surface area contributed by atoms with Crippen molar-refractivity contribution < 1.29 is 13.5 Å². The zero-order chi connectivity index (χ0) is 26.1. The Morgan fingerprint density at radius 3 is 1.78 bits per heavy atom. The van der Waals surface area contributed by atoms with Gasteiger partial charge in [-0.3, -0.25) is 0 Å². The molecule has 2 atom stereocenters. The molecule has 3 aromatic rings. The van der Waals surface area contributed by atoms with Crippen molar-refractivity contribution in [2.75, 3.05) is 6.61 Å². The molecular weight excluding hydrogens is 462 g/mol. The summed E-state index contributed by atoms with van der Waals surface area (Å²) in [5.41, 5.74) is 4.21. The summed E-state index contributed by atoms with van der Waals surface area (Å²) in [5, 5.41) is 0. The molecule has 0 N–H and O–H groups in total. The summed E-state index contributed by atoms with van der Waals surface area (Å²) in [4.78, 5) is 0. The Morgan fingerprint density at radius 2 is 1.22 bits per heavy atom. The van der Waals surface area contributed by atoms with E-state index < -0.39 is 17.6 Å². The molecule has 0 saturated carbocycles. The highest BCUT2D eigenvalue weighted by atomic mass is 19.2. The van der Waals surface area contributed by atoms with Crippen LogP contribution in [0.1, 0.15) is 64.4 Å². The molecule has 1 aliphatic carbocycles. The number of allylic oxidation sites excluding steroid dienone is 2. The summed E-state index contributed by atoms with van der Waals surface area (Å²) in [6.45, 7) is 4.61. The minimum Gasteiger partial charge on any atom is -0.367 e. The van der Waals surface area contributed by atoms with Gasteiger partial charge in [-0.25, -0.2) is 8.78 Å². The molecule has 194 valence electrons. The average Bonchev–Trinajstić information content (AvgIpc) is 2.94. The first-order chi connectivity index (χ1) is 18.1. The Morgan fingerprint density at radius 1 is 0.676 bits per heavy atom. The van der Waals surface area contributed by atoms with Gasteiger partial charge in [0.05, 0.1) is 0 Å². The first-order valence-electron chi connectivity index (χ1n) is 13.7. The molecule has 0 saturated heterocycles. The molecule has 1 aliphatic rings. The van der Waals surface area contributed by atoms with E-state index in [0.717, 1.165) is 42.4 Å². The monoisotopic (exact) mass is 500 g/mol. The summed E-state index contributed by atoms with van der Waals surface area (Å²) in [6, 6.07) is 26.3. The highest BCUT2D eigenvalue weighted by molar-refractivity contribution is 5.80. The zero-order valence-corrected chi connectivity index (χ0v) is 22.1. The predicted octanol–water partition coefficient (Wildman–Crippen LogP) is 10.1. The third-order valence-electron chi connectivity index (χ3n) is 7.22. The van der Waals surface area contributed by atoms with Gasteiger partial charge < -0.3 is 4.74 Å². The Bertz CT molecular complexity index is 1180. The van der Waals surface area contributed by atoms with Gasteiger partial charge in [-0.15, -0.1) is 0 Å². The van der Waals surface area contributed by atoms with Crippen LogP contribution >= 0.6 is 0 Å². The normalized spacial score (nSPS) is 19.4. The lowest BCUT2D eigenvalue weighted by atomic mass is 9.83. The maximum Gasteiger partial charge on any atom is 0.184 e. The largest absolute Gasteiger partial charge is 0.367 e. The molecule has 0 bridgehead atoms. The summed E-state index contributed by atoms with van der Waals surface area (Å²) < 4.78 is 37.0. The summed E-state index contributed by atoms with van der Waals surface area (Å²) in [7, 11) is 0. The van der Waals surface area contributed by atoms with Gasteiger partial charge in [0.2, 0.25) is 0 Å². The smallest absolute Gasteiger partial charge is 0.184 e. The van der Waals surface area contributed by atoms with E-state index in [1.165, 1.54) is 18.4 Å². The third-order valence-corrected chi connectivity index (χ3v) is 7.22. The molecule has 0 fully saturated rings. The van der Waals surface area contributed by atoms with Crippen LogP contribution in [0.5, 0.6) is 0 Å². The zero-order valence-electron chi connectivity index (χ0n) is 22.1. The van der Waals surface area contributed by atoms with E-state index in [1.807, 2.05) is 49.4 Å². The Labute approximate surface area is 220 Å². The molecule has 0 spiro atoms. The van der Waals surface area contributed by atoms with Crippen molar-refractivity contribution in [3.8, 4) is 22.3 Å². The molecule has 37 heavy (non-hydrogen) atoms. The van der Waals surface area contributed by atoms with E-state index in [2.05, 4.69) is 43.3 Å². The van der Waals surface area contributed by atoms with E-state index in [9.17, 15) is 0 Å². The van der Waals surface area contributed by atoms with Crippen LogP contribution in [0.3, 0.4) is 0 Å². The molecule has 3 heteroatoms. The second kappa shape index (κ2) is 13.0. The van der Waals surface area contributed by atoms with Crippen molar-refractivity contribution in [1.29, 1.82) is 0 Å². The highest BCUT2D eigenvalue weighted by Gasteiger charge is 2.43. The van der Waals surface area contributed by atoms with Crippen LogP contribution in [-0.4, -0.2) is 18.4 Å². The standard InChI is InChI=1S/C34H38F2O/c1-3-5-6-7-11-25-37-34(23-4-2)24-22-31(32(35)33(34)36)30-20-18-29(19-21-30)28-16-14-27(15-17-28)26-12-9-8-10-13-26/h8-10,12-22,24,33H,3-7,11,23,25H2,1-2H3. The van der Waals surface area contributed by atoms with Gasteiger partial charge in [0.15, 0.2) is 6.17 Å². The molecular formula is C34H38F2O. The quantitative estimate of drug-likeness (QED) is 0.225. The van der Waals surface area contributed by atoms with Crippen LogP contribution in [0.25, 0.3) is 27.8 Å². The number of ether oxygens (including phenoxy) is 1. The minimum absolute atomic E-state index is 0.303. The fourth-order valence-electron chi connectivity index (χ4n) is 5.06. The number of alkyl halides is 1. The minimum atomic E-state index is -1.80. The van der Waals surface area contributed by atoms with Gasteiger partial charge in [-0.2, -0.15) is 0 Å². The maximum absolute atomic E-state index is 15.6. The van der Waals surface area contributed by atoms with Gasteiger partial charge in [-0.1, -0.05) is 131 Å². The van der Waals surface area contributed by atoms with Gasteiger partial charge >= 0.3 is 0 Å². The Balaban J connectivity index is 1.46. The van der Waals surface area contributed by atoms with Crippen molar-refractivity contribution in [3.63, 3.8) is 0 Å². The molecule has 0 aliphatic heterocycles. The lowest BCUT2D eigenvalue weighted by Gasteiger charge is -2.36. The van der Waals surface area contributed by atoms with Crippen LogP contribution in [0.15, 0.2) is 96.8 Å². The number of unbranched alkanes of at least 4 members (excludes halogenated alkanes) is 4. The number of rotatable bonds is 12. The molecule has 2 unspecified atom stereocenters. The van der Waals surface area contributed by atoms with E-state index in [4.69, 9.17) is 4.74 Å². The van der Waals surface area contributed by atoms with Gasteiger partial charge in [0.25, 0.3) is 0 Å². The topological polar surface area (TPSA) is 9.23 Å². The van der Waals surface area contributed by atoms with Crippen molar-refractivity contribution in [2.45, 2.75) is 70.6 Å². The van der Waals surface area contributed by atoms with Crippen molar-refractivity contribution >= 4 is 5.57 Å². The Hall–Kier alpha value is -3.04. The van der Waals surface area contributed by atoms with E-state index in [-0.39, 0.29) is 0 Å². The van der Waals surface area contributed by atoms with Crippen molar-refractivity contribution in [3.05, 3.63) is 102 Å². The summed E-state index contributed by atoms with van der Waals surface area (Å²) in [5.74, 6) is -0.734. The molecule has 0 heterocycles. The van der Waals surface area contributed by atoms with Crippen LogP contribution in [0.2, 0.25) is 0 Å². The molecule has 0 aromatic heterocycles. The molecule has 4 rings (SSSR count). The fraction of sp³-hybridized carbons (Fsp3) is 0.353. The second-order valence-electron chi connectivity index (χ2n) is 9.95. The number of hydrogen-bond acceptors (Lipinski definition) is 1. The van der Waals surface area contributed by atoms with Crippen LogP contribution in [0, 0.1) is 0 Å². The number of halogens is 2. The van der Waals surface area contributed by atoms with Gasteiger partial charge in [-0.05, 0) is 46.7 Å². The lowest BCUT2D eigenvalue weighted by Crippen LogP contribution is -2.43. The third kappa shape index (κ3) is 6.45. The van der Waals surface area contributed by atoms with Crippen LogP contribution in [0.4, 0.5) is 8.78 Å². The number of hydrogen-bond donors (Lipinski definition) is 0. The SMILES string of the molecule is CCCCCCCOC1(CCC)C=CC(c2ccc(-c3ccc(-c4ccccc4)cc3)cc2)=C(F)C1F. The molecule has 1 nitrogen and oxygen atoms in total. The van der Waals surface area contributed by atoms with Gasteiger partial charge in [0, 0.05) is 12.2 Å². The fourth-order valence-corrected chi connectivity index (χ4v) is 5.06. The first kappa shape index (κ1) is 27.0. The van der Waals surface area contributed by atoms with Crippen LogP contribution in [-0.2, 0) is 4.74 Å². The van der Waals surface area contributed by atoms with E-state index in [0.29, 0.717) is 24.2 Å². The van der Waals surface area contributed by atoms with Crippen molar-refractivity contribution in [1.82, 2.24) is 0 Å². The lowest BCUT2D eigenvalue weighted by molar-refractivity contribution is -0.0642. The second-order valence-corrected chi connectivity index (χ2v) is 9.95. The van der Waals surface area contributed by atoms with E-state index in [1.54, 1.807) is 12.2 Å².